The Labute approximate surface area is 161 Å². The molecule has 1 atom stereocenters. The van der Waals surface area contributed by atoms with Gasteiger partial charge in [-0.1, -0.05) is 23.4 Å². The summed E-state index contributed by atoms with van der Waals surface area (Å²) in [4.78, 5) is 31.5. The monoisotopic (exact) mass is 379 g/mol. The molecule has 4 rings (SSSR count). The molecule has 0 N–H and O–H groups in total. The summed E-state index contributed by atoms with van der Waals surface area (Å²) in [5.41, 5.74) is 1.12. The number of hydrogen-bond acceptors (Lipinski definition) is 6. The van der Waals surface area contributed by atoms with E-state index in [2.05, 4.69) is 15.3 Å². The molecule has 144 valence electrons. The molecule has 1 saturated heterocycles. The molecule has 3 heterocycles. The molecule has 1 amide bonds. The van der Waals surface area contributed by atoms with Gasteiger partial charge in [0.15, 0.2) is 0 Å². The first-order chi connectivity index (χ1) is 13.7. The molecule has 0 radical (unpaired) electrons. The summed E-state index contributed by atoms with van der Waals surface area (Å²) in [6.07, 6.45) is 5.36. The van der Waals surface area contributed by atoms with Crippen LogP contribution in [0.2, 0.25) is 0 Å². The zero-order valence-corrected chi connectivity index (χ0v) is 15.4. The fourth-order valence-corrected chi connectivity index (χ4v) is 3.36. The predicted molar refractivity (Wildman–Crippen MR) is 102 cm³/mol. The van der Waals surface area contributed by atoms with Crippen molar-refractivity contribution in [1.29, 1.82) is 0 Å². The van der Waals surface area contributed by atoms with E-state index in [4.69, 9.17) is 4.74 Å². The fraction of sp³-hybridized carbons (Fsp3) is 0.350. The molecule has 1 aliphatic rings. The first-order valence-corrected chi connectivity index (χ1v) is 9.31. The van der Waals surface area contributed by atoms with Gasteiger partial charge in [-0.25, -0.2) is 4.68 Å². The number of fused-ring (bicyclic) bond motifs is 1. The van der Waals surface area contributed by atoms with E-state index < -0.39 is 0 Å². The van der Waals surface area contributed by atoms with Crippen LogP contribution < -0.4 is 5.56 Å². The number of nitrogens with zero attached hydrogens (tertiary/aromatic N) is 5. The highest BCUT2D eigenvalue weighted by Crippen LogP contribution is 2.15. The number of carbonyl (C=O) groups excluding carboxylic acids is 1. The lowest BCUT2D eigenvalue weighted by Gasteiger charge is -2.25. The van der Waals surface area contributed by atoms with Crippen molar-refractivity contribution < 1.29 is 9.53 Å². The highest BCUT2D eigenvalue weighted by Gasteiger charge is 2.23. The van der Waals surface area contributed by atoms with Gasteiger partial charge in [0, 0.05) is 32.1 Å². The van der Waals surface area contributed by atoms with Crippen molar-refractivity contribution in [2.75, 3.05) is 13.2 Å². The van der Waals surface area contributed by atoms with Gasteiger partial charge in [0.1, 0.15) is 12.1 Å². The summed E-state index contributed by atoms with van der Waals surface area (Å²) < 4.78 is 6.82. The summed E-state index contributed by atoms with van der Waals surface area (Å²) in [7, 11) is 0. The Balaban J connectivity index is 1.56. The molecular formula is C20H21N5O3. The maximum absolute atomic E-state index is 13.0. The minimum absolute atomic E-state index is 0.0139. The number of aromatic nitrogens is 4. The molecule has 1 aliphatic heterocycles. The van der Waals surface area contributed by atoms with E-state index in [-0.39, 0.29) is 24.1 Å². The van der Waals surface area contributed by atoms with Crippen LogP contribution in [0.1, 0.15) is 18.4 Å². The molecule has 3 aromatic rings. The highest BCUT2D eigenvalue weighted by atomic mass is 16.5. The number of pyridine rings is 1. The highest BCUT2D eigenvalue weighted by molar-refractivity contribution is 5.78. The largest absolute Gasteiger partial charge is 0.376 e. The second-order valence-electron chi connectivity index (χ2n) is 6.84. The van der Waals surface area contributed by atoms with E-state index in [0.29, 0.717) is 24.0 Å². The van der Waals surface area contributed by atoms with Gasteiger partial charge in [-0.2, -0.15) is 0 Å². The Morgan fingerprint density at radius 1 is 1.25 bits per heavy atom. The number of benzene rings is 1. The Morgan fingerprint density at radius 2 is 2.14 bits per heavy atom. The second kappa shape index (κ2) is 8.26. The lowest BCUT2D eigenvalue weighted by molar-refractivity contribution is -0.134. The van der Waals surface area contributed by atoms with Gasteiger partial charge >= 0.3 is 0 Å². The quantitative estimate of drug-likeness (QED) is 0.643. The van der Waals surface area contributed by atoms with Crippen LogP contribution in [-0.2, 0) is 22.6 Å². The lowest BCUT2D eigenvalue weighted by Crippen LogP contribution is -2.41. The van der Waals surface area contributed by atoms with E-state index in [0.717, 1.165) is 29.7 Å². The average molecular weight is 379 g/mol. The summed E-state index contributed by atoms with van der Waals surface area (Å²) in [5.74, 6) is -0.203. The third-order valence-corrected chi connectivity index (χ3v) is 4.81. The van der Waals surface area contributed by atoms with Crippen molar-refractivity contribution in [3.63, 3.8) is 0 Å². The first-order valence-electron chi connectivity index (χ1n) is 9.31. The molecule has 0 spiro atoms. The molecule has 2 aromatic heterocycles. The summed E-state index contributed by atoms with van der Waals surface area (Å²) in [5, 5.41) is 8.43. The lowest BCUT2D eigenvalue weighted by atomic mass is 10.2. The SMILES string of the molecule is O=C(Cn1nnc2ccccc2c1=O)N(Cc1cccnc1)C[C@H]1CCCO1. The molecule has 8 nitrogen and oxygen atoms in total. The van der Waals surface area contributed by atoms with Crippen molar-refractivity contribution in [2.24, 2.45) is 0 Å². The molecule has 28 heavy (non-hydrogen) atoms. The van der Waals surface area contributed by atoms with Crippen LogP contribution in [0, 0.1) is 0 Å². The Morgan fingerprint density at radius 3 is 2.93 bits per heavy atom. The van der Waals surface area contributed by atoms with Crippen LogP contribution in [-0.4, -0.2) is 50.0 Å². The molecule has 1 fully saturated rings. The number of amides is 1. The van der Waals surface area contributed by atoms with Gasteiger partial charge in [0.25, 0.3) is 5.56 Å². The van der Waals surface area contributed by atoms with Gasteiger partial charge in [0.05, 0.1) is 11.5 Å². The first kappa shape index (κ1) is 18.2. The van der Waals surface area contributed by atoms with Crippen LogP contribution >= 0.6 is 0 Å². The zero-order chi connectivity index (χ0) is 19.3. The molecule has 0 saturated carbocycles. The van der Waals surface area contributed by atoms with Crippen LogP contribution in [0.15, 0.2) is 53.6 Å². The van der Waals surface area contributed by atoms with Crippen LogP contribution in [0.4, 0.5) is 0 Å². The van der Waals surface area contributed by atoms with Gasteiger partial charge in [-0.05, 0) is 36.6 Å². The number of hydrogen-bond donors (Lipinski definition) is 0. The molecule has 0 aliphatic carbocycles. The van der Waals surface area contributed by atoms with Gasteiger partial charge in [-0.15, -0.1) is 5.10 Å². The van der Waals surface area contributed by atoms with Crippen LogP contribution in [0.3, 0.4) is 0 Å². The molecular weight excluding hydrogens is 358 g/mol. The van der Waals surface area contributed by atoms with Crippen molar-refractivity contribution >= 4 is 16.8 Å². The topological polar surface area (TPSA) is 90.2 Å². The van der Waals surface area contributed by atoms with Gasteiger partial charge < -0.3 is 9.64 Å². The van der Waals surface area contributed by atoms with Crippen molar-refractivity contribution in [2.45, 2.75) is 32.0 Å². The van der Waals surface area contributed by atoms with Crippen molar-refractivity contribution in [3.8, 4) is 0 Å². The number of ether oxygens (including phenoxy) is 1. The van der Waals surface area contributed by atoms with E-state index in [1.54, 1.807) is 41.6 Å². The van der Waals surface area contributed by atoms with Gasteiger partial charge in [0.2, 0.25) is 5.91 Å². The Hall–Kier alpha value is -3.13. The second-order valence-corrected chi connectivity index (χ2v) is 6.84. The van der Waals surface area contributed by atoms with E-state index in [9.17, 15) is 9.59 Å². The smallest absolute Gasteiger partial charge is 0.278 e. The van der Waals surface area contributed by atoms with E-state index in [1.807, 2.05) is 12.1 Å². The van der Waals surface area contributed by atoms with E-state index >= 15 is 0 Å². The molecule has 0 bridgehead atoms. The number of rotatable bonds is 6. The molecule has 1 aromatic carbocycles. The minimum Gasteiger partial charge on any atom is -0.376 e. The summed E-state index contributed by atoms with van der Waals surface area (Å²) in [6, 6.07) is 10.7. The van der Waals surface area contributed by atoms with Gasteiger partial charge in [-0.3, -0.25) is 14.6 Å². The average Bonchev–Trinajstić information content (AvgIpc) is 3.24. The Kier molecular flexibility index (Phi) is 5.38. The summed E-state index contributed by atoms with van der Waals surface area (Å²) >= 11 is 0. The standard InChI is InChI=1S/C20H21N5O3/c26-19(14-25-20(27)17-7-1-2-8-18(17)22-23-25)24(13-16-6-4-10-28-16)12-15-5-3-9-21-11-15/h1-3,5,7-9,11,16H,4,6,10,12-14H2/t16-/m1/s1. The Bertz CT molecular complexity index is 1020. The number of carbonyl (C=O) groups is 1. The van der Waals surface area contributed by atoms with E-state index in [1.165, 1.54) is 0 Å². The third kappa shape index (κ3) is 4.07. The predicted octanol–water partition coefficient (Wildman–Crippen LogP) is 1.39. The third-order valence-electron chi connectivity index (χ3n) is 4.81. The van der Waals surface area contributed by atoms with Crippen molar-refractivity contribution in [1.82, 2.24) is 24.9 Å². The van der Waals surface area contributed by atoms with Crippen LogP contribution in [0.5, 0.6) is 0 Å². The van der Waals surface area contributed by atoms with Crippen molar-refractivity contribution in [3.05, 3.63) is 64.7 Å². The normalized spacial score (nSPS) is 16.4. The molecule has 8 heteroatoms. The zero-order valence-electron chi connectivity index (χ0n) is 15.4. The van der Waals surface area contributed by atoms with Crippen LogP contribution in [0.25, 0.3) is 10.9 Å². The maximum atomic E-state index is 13.0. The maximum Gasteiger partial charge on any atom is 0.278 e. The minimum atomic E-state index is -0.322. The summed E-state index contributed by atoms with van der Waals surface area (Å²) in [6.45, 7) is 1.44. The molecule has 0 unspecified atom stereocenters. The fourth-order valence-electron chi connectivity index (χ4n) is 3.36.